The molecule has 7 heteroatoms. The van der Waals surface area contributed by atoms with E-state index in [1.54, 1.807) is 30.3 Å². The molecule has 2 bridgehead atoms. The van der Waals surface area contributed by atoms with Gasteiger partial charge in [0.25, 0.3) is 11.8 Å². The smallest absolute Gasteiger partial charge is 0.254 e. The number of carbonyl (C=O) groups excluding carboxylic acids is 2. The van der Waals surface area contributed by atoms with Crippen LogP contribution in [0.15, 0.2) is 52.0 Å². The zero-order chi connectivity index (χ0) is 19.9. The molecule has 3 fully saturated rings. The summed E-state index contributed by atoms with van der Waals surface area (Å²) in [6, 6.07) is 8.74. The van der Waals surface area contributed by atoms with Gasteiger partial charge in [0.05, 0.1) is 28.1 Å². The first-order valence-electron chi connectivity index (χ1n) is 9.68. The van der Waals surface area contributed by atoms with Crippen molar-refractivity contribution in [2.24, 2.45) is 40.6 Å². The second-order valence-corrected chi connectivity index (χ2v) is 9.03. The highest BCUT2D eigenvalue weighted by molar-refractivity contribution is 6.42. The number of halogens is 2. The Balaban J connectivity index is 1.24. The highest BCUT2D eigenvalue weighted by Crippen LogP contribution is 2.65. The molecule has 0 radical (unpaired) electrons. The summed E-state index contributed by atoms with van der Waals surface area (Å²) < 4.78 is 5.78. The maximum absolute atomic E-state index is 12.9. The zero-order valence-electron chi connectivity index (χ0n) is 15.2. The fraction of sp³-hybridized carbons (Fsp3) is 0.318. The Kier molecular flexibility index (Phi) is 3.66. The lowest BCUT2D eigenvalue weighted by Crippen LogP contribution is -2.40. The van der Waals surface area contributed by atoms with Gasteiger partial charge in [0, 0.05) is 5.56 Å². The second kappa shape index (κ2) is 6.07. The first kappa shape index (κ1) is 17.5. The van der Waals surface area contributed by atoms with E-state index >= 15 is 0 Å². The number of amides is 2. The van der Waals surface area contributed by atoms with Gasteiger partial charge in [-0.05, 0) is 60.4 Å². The second-order valence-electron chi connectivity index (χ2n) is 8.22. The molecule has 0 spiro atoms. The van der Waals surface area contributed by atoms with E-state index in [-0.39, 0.29) is 35.5 Å². The van der Waals surface area contributed by atoms with Crippen molar-refractivity contribution < 1.29 is 14.0 Å². The molecule has 2 heterocycles. The lowest BCUT2D eigenvalue weighted by atomic mass is 9.63. The summed E-state index contributed by atoms with van der Waals surface area (Å²) in [6.07, 6.45) is 6.86. The van der Waals surface area contributed by atoms with Crippen molar-refractivity contribution >= 4 is 41.2 Å². The van der Waals surface area contributed by atoms with Crippen LogP contribution in [0.25, 0.3) is 11.3 Å². The molecule has 2 aromatic rings. The molecule has 2 amide bonds. The average Bonchev–Trinajstić information content (AvgIpc) is 3.36. The van der Waals surface area contributed by atoms with E-state index in [9.17, 15) is 9.59 Å². The number of carbonyl (C=O) groups is 2. The van der Waals surface area contributed by atoms with Crippen LogP contribution in [0.1, 0.15) is 12.2 Å². The molecule has 2 saturated carbocycles. The van der Waals surface area contributed by atoms with Crippen LogP contribution in [0.3, 0.4) is 0 Å². The summed E-state index contributed by atoms with van der Waals surface area (Å²) in [5, 5.41) is 6.15. The first-order chi connectivity index (χ1) is 14.0. The van der Waals surface area contributed by atoms with Gasteiger partial charge in [-0.1, -0.05) is 35.4 Å². The summed E-state index contributed by atoms with van der Waals surface area (Å²) in [4.78, 5) is 25.8. The molecule has 4 aliphatic carbocycles. The molecule has 7 rings (SSSR count). The molecule has 146 valence electrons. The Morgan fingerprint density at radius 3 is 2.31 bits per heavy atom. The van der Waals surface area contributed by atoms with Crippen LogP contribution >= 0.6 is 23.2 Å². The van der Waals surface area contributed by atoms with Crippen LogP contribution in [0.2, 0.25) is 10.0 Å². The Hall–Kier alpha value is -2.37. The minimum atomic E-state index is -0.248. The van der Waals surface area contributed by atoms with E-state index in [0.29, 0.717) is 33.4 Å². The minimum Gasteiger partial charge on any atom is -0.455 e. The van der Waals surface area contributed by atoms with Gasteiger partial charge in [0.2, 0.25) is 0 Å². The van der Waals surface area contributed by atoms with Crippen molar-refractivity contribution in [2.75, 3.05) is 0 Å². The predicted molar refractivity (Wildman–Crippen MR) is 108 cm³/mol. The largest absolute Gasteiger partial charge is 0.455 e. The third kappa shape index (κ3) is 2.50. The highest BCUT2D eigenvalue weighted by Gasteiger charge is 2.67. The van der Waals surface area contributed by atoms with Gasteiger partial charge in [-0.3, -0.25) is 9.59 Å². The molecular formula is C22H16Cl2N2O3. The summed E-state index contributed by atoms with van der Waals surface area (Å²) in [5.74, 6) is 1.72. The van der Waals surface area contributed by atoms with Crippen molar-refractivity contribution in [3.63, 3.8) is 0 Å². The van der Waals surface area contributed by atoms with Gasteiger partial charge in [-0.25, -0.2) is 0 Å². The number of allylic oxidation sites excluding steroid dienone is 2. The van der Waals surface area contributed by atoms with E-state index in [2.05, 4.69) is 17.3 Å². The lowest BCUT2D eigenvalue weighted by molar-refractivity contribution is -0.140. The highest BCUT2D eigenvalue weighted by atomic mass is 35.5. The van der Waals surface area contributed by atoms with Crippen molar-refractivity contribution in [2.45, 2.75) is 6.42 Å². The lowest BCUT2D eigenvalue weighted by Gasteiger charge is -2.37. The molecular weight excluding hydrogens is 411 g/mol. The molecule has 29 heavy (non-hydrogen) atoms. The van der Waals surface area contributed by atoms with Crippen LogP contribution in [-0.4, -0.2) is 23.0 Å². The Labute approximate surface area is 177 Å². The standard InChI is InChI=1S/C22H16Cl2N2O3/c23-16-5-1-10(7-17(16)24)18-6-2-11(29-18)9-25-26-21(27)19-12-3-4-13(15-8-14(12)15)20(19)22(26)28/h1-7,9,12-15,19-20H,8H2/b25-9+. The quantitative estimate of drug-likeness (QED) is 0.407. The Morgan fingerprint density at radius 2 is 1.66 bits per heavy atom. The topological polar surface area (TPSA) is 62.9 Å². The van der Waals surface area contributed by atoms with Gasteiger partial charge in [0.15, 0.2) is 0 Å². The average molecular weight is 427 g/mol. The van der Waals surface area contributed by atoms with Crippen LogP contribution in [0.5, 0.6) is 0 Å². The van der Waals surface area contributed by atoms with Crippen molar-refractivity contribution in [3.8, 4) is 11.3 Å². The molecule has 1 aromatic heterocycles. The number of hydrogen-bond donors (Lipinski definition) is 0. The normalized spacial score (nSPS) is 34.2. The predicted octanol–water partition coefficient (Wildman–Crippen LogP) is 4.64. The van der Waals surface area contributed by atoms with Crippen molar-refractivity contribution in [3.05, 3.63) is 58.3 Å². The molecule has 5 aliphatic rings. The summed E-state index contributed by atoms with van der Waals surface area (Å²) >= 11 is 12.0. The summed E-state index contributed by atoms with van der Waals surface area (Å²) in [7, 11) is 0. The fourth-order valence-corrected chi connectivity index (χ4v) is 5.69. The molecule has 6 atom stereocenters. The molecule has 1 aliphatic heterocycles. The maximum Gasteiger partial charge on any atom is 0.254 e. The van der Waals surface area contributed by atoms with Crippen molar-refractivity contribution in [1.29, 1.82) is 0 Å². The Bertz CT molecular complexity index is 1090. The summed E-state index contributed by atoms with van der Waals surface area (Å²) in [6.45, 7) is 0. The van der Waals surface area contributed by atoms with Gasteiger partial charge < -0.3 is 4.42 Å². The Morgan fingerprint density at radius 1 is 0.966 bits per heavy atom. The summed E-state index contributed by atoms with van der Waals surface area (Å²) in [5.41, 5.74) is 0.778. The molecule has 6 unspecified atom stereocenters. The van der Waals surface area contributed by atoms with E-state index in [1.807, 2.05) is 0 Å². The fourth-order valence-electron chi connectivity index (χ4n) is 5.40. The van der Waals surface area contributed by atoms with Gasteiger partial charge in [0.1, 0.15) is 11.5 Å². The maximum atomic E-state index is 12.9. The molecule has 5 nitrogen and oxygen atoms in total. The van der Waals surface area contributed by atoms with E-state index in [4.69, 9.17) is 27.6 Å². The van der Waals surface area contributed by atoms with E-state index in [0.717, 1.165) is 17.0 Å². The number of hydrogen-bond acceptors (Lipinski definition) is 4. The zero-order valence-corrected chi connectivity index (χ0v) is 16.7. The van der Waals surface area contributed by atoms with E-state index in [1.165, 1.54) is 6.21 Å². The van der Waals surface area contributed by atoms with Crippen LogP contribution < -0.4 is 0 Å². The minimum absolute atomic E-state index is 0.183. The monoisotopic (exact) mass is 426 g/mol. The van der Waals surface area contributed by atoms with Crippen LogP contribution in [0, 0.1) is 35.5 Å². The van der Waals surface area contributed by atoms with Gasteiger partial charge >= 0.3 is 0 Å². The van der Waals surface area contributed by atoms with Gasteiger partial charge in [-0.15, -0.1) is 0 Å². The van der Waals surface area contributed by atoms with Crippen LogP contribution in [-0.2, 0) is 9.59 Å². The molecule has 0 N–H and O–H groups in total. The van der Waals surface area contributed by atoms with Crippen molar-refractivity contribution in [1.82, 2.24) is 5.01 Å². The first-order valence-corrected chi connectivity index (χ1v) is 10.4. The third-order valence-corrected chi connectivity index (χ3v) is 7.51. The SMILES string of the molecule is O=C1C2C3C=CC(C4CC34)C2C(=O)N1/N=C/c1ccc(-c2ccc(Cl)c(Cl)c2)o1. The number of furan rings is 1. The number of imide groups is 1. The molecule has 1 aromatic carbocycles. The molecule has 1 saturated heterocycles. The van der Waals surface area contributed by atoms with Crippen LogP contribution in [0.4, 0.5) is 0 Å². The number of nitrogens with zero attached hydrogens (tertiary/aromatic N) is 2. The number of rotatable bonds is 3. The van der Waals surface area contributed by atoms with Gasteiger partial charge in [-0.2, -0.15) is 10.1 Å². The van der Waals surface area contributed by atoms with E-state index < -0.39 is 0 Å². The third-order valence-electron chi connectivity index (χ3n) is 6.77. The number of hydrazone groups is 1. The number of benzene rings is 1.